The van der Waals surface area contributed by atoms with Crippen molar-refractivity contribution in [2.45, 2.75) is 19.8 Å². The Balaban J connectivity index is 0.000000354. The van der Waals surface area contributed by atoms with E-state index in [-0.39, 0.29) is 0 Å². The van der Waals surface area contributed by atoms with Crippen LogP contribution in [0.4, 0.5) is 0 Å². The molecule has 0 aromatic carbocycles. The quantitative estimate of drug-likeness (QED) is 0.466. The summed E-state index contributed by atoms with van der Waals surface area (Å²) in [6, 6.07) is 0. The molecule has 0 fully saturated rings. The lowest BCUT2D eigenvalue weighted by Crippen LogP contribution is -1.88. The van der Waals surface area contributed by atoms with E-state index >= 15 is 0 Å². The van der Waals surface area contributed by atoms with Gasteiger partial charge in [0.1, 0.15) is 6.33 Å². The number of hydrogen-bond donors (Lipinski definition) is 0. The Morgan fingerprint density at radius 2 is 1.83 bits per heavy atom. The number of aromatic nitrogens is 2. The largest absolute Gasteiger partial charge is 0.724 e. The van der Waals surface area contributed by atoms with E-state index in [9.17, 15) is 0 Å². The normalized spacial score (nSPS) is 8.25. The van der Waals surface area contributed by atoms with E-state index < -0.39 is 0 Å². The highest BCUT2D eigenvalue weighted by atomic mass is 16.1. The van der Waals surface area contributed by atoms with Crippen LogP contribution < -0.4 is 0 Å². The van der Waals surface area contributed by atoms with Crippen molar-refractivity contribution in [2.75, 3.05) is 0 Å². The molecule has 0 aliphatic rings. The molecule has 0 unspecified atom stereocenters. The van der Waals surface area contributed by atoms with Gasteiger partial charge in [-0.1, -0.05) is 13.8 Å². The summed E-state index contributed by atoms with van der Waals surface area (Å²) in [5.74, 6) is 0.534. The molecule has 0 aliphatic carbocycles. The summed E-state index contributed by atoms with van der Waals surface area (Å²) in [5, 5.41) is 6.76. The Morgan fingerprint density at radius 1 is 1.42 bits per heavy atom. The zero-order valence-electron chi connectivity index (χ0n) is 7.06. The topological polar surface area (TPSA) is 65.2 Å². The number of rotatable bonds is 1. The number of hydrogen-bond acceptors (Lipinski definition) is 3. The molecule has 0 spiro atoms. The second kappa shape index (κ2) is 6.19. The van der Waals surface area contributed by atoms with Crippen LogP contribution in [-0.4, -0.2) is 16.0 Å². The molecular weight excluding hydrogens is 154 g/mol. The summed E-state index contributed by atoms with van der Waals surface area (Å²) >= 11 is 0. The highest BCUT2D eigenvalue weighted by molar-refractivity contribution is 5.36. The maximum atomic E-state index is 8.24. The van der Waals surface area contributed by atoms with E-state index in [4.69, 9.17) is 10.2 Å². The molecule has 1 aromatic heterocycles. The Kier molecular flexibility index (Phi) is 5.39. The fourth-order valence-corrected chi connectivity index (χ4v) is 0.609. The molecule has 0 bridgehead atoms. The Hall–Kier alpha value is -1.54. The number of nitrogens with zero attached hydrogens (tertiary/aromatic N) is 3. The molecule has 0 atom stereocenters. The number of carbonyl (C=O) groups excluding carboxylic acids is 1. The molecule has 0 radical (unpaired) electrons. The second-order valence-electron chi connectivity index (χ2n) is 2.42. The van der Waals surface area contributed by atoms with Crippen LogP contribution in [0.15, 0.2) is 18.7 Å². The van der Waals surface area contributed by atoms with Crippen molar-refractivity contribution in [1.29, 1.82) is 0 Å². The highest BCUT2D eigenvalue weighted by Crippen LogP contribution is 2.09. The average Bonchev–Trinajstić information content (AvgIpc) is 2.07. The van der Waals surface area contributed by atoms with Crippen molar-refractivity contribution in [3.05, 3.63) is 29.7 Å². The number of isocyanates is 1. The molecule has 1 aromatic rings. The van der Waals surface area contributed by atoms with Gasteiger partial charge in [0, 0.05) is 12.4 Å². The van der Waals surface area contributed by atoms with Gasteiger partial charge in [0.25, 0.3) is 0 Å². The predicted molar refractivity (Wildman–Crippen MR) is 45.2 cm³/mol. The van der Waals surface area contributed by atoms with Gasteiger partial charge in [-0.3, -0.25) is 4.79 Å². The third kappa shape index (κ3) is 4.30. The van der Waals surface area contributed by atoms with Gasteiger partial charge in [0.15, 0.2) is 0 Å². The molecule has 1 heterocycles. The Labute approximate surface area is 71.2 Å². The molecule has 64 valence electrons. The summed E-state index contributed by atoms with van der Waals surface area (Å²) in [7, 11) is 0. The van der Waals surface area contributed by atoms with E-state index in [1.807, 2.05) is 12.4 Å². The van der Waals surface area contributed by atoms with E-state index in [0.717, 1.165) is 0 Å². The van der Waals surface area contributed by atoms with Crippen molar-refractivity contribution in [2.24, 2.45) is 0 Å². The maximum Gasteiger partial charge on any atom is 0.115 e. The first-order chi connectivity index (χ1) is 5.72. The predicted octanol–water partition coefficient (Wildman–Crippen LogP) is 1.49. The summed E-state index contributed by atoms with van der Waals surface area (Å²) in [5.41, 5.74) is 1.19. The monoisotopic (exact) mass is 164 g/mol. The summed E-state index contributed by atoms with van der Waals surface area (Å²) in [4.78, 5) is 16.0. The zero-order chi connectivity index (χ0) is 9.40. The smallest absolute Gasteiger partial charge is 0.115 e. The van der Waals surface area contributed by atoms with Crippen molar-refractivity contribution in [1.82, 2.24) is 9.97 Å². The minimum atomic E-state index is 0.500. The maximum absolute atomic E-state index is 8.24. The third-order valence-electron chi connectivity index (χ3n) is 1.25. The van der Waals surface area contributed by atoms with Crippen LogP contribution in [0.3, 0.4) is 0 Å². The van der Waals surface area contributed by atoms with Crippen LogP contribution in [0.2, 0.25) is 0 Å². The van der Waals surface area contributed by atoms with Gasteiger partial charge >= 0.3 is 0 Å². The zero-order valence-corrected chi connectivity index (χ0v) is 7.06. The van der Waals surface area contributed by atoms with E-state index in [2.05, 4.69) is 23.8 Å². The first kappa shape index (κ1) is 10.5. The molecule has 0 saturated heterocycles. The van der Waals surface area contributed by atoms with Crippen LogP contribution >= 0.6 is 0 Å². The molecule has 0 aliphatic heterocycles. The van der Waals surface area contributed by atoms with Gasteiger partial charge in [0.05, 0.1) is 0 Å². The van der Waals surface area contributed by atoms with Crippen molar-refractivity contribution in [3.8, 4) is 0 Å². The van der Waals surface area contributed by atoms with Gasteiger partial charge < -0.3 is 5.41 Å². The van der Waals surface area contributed by atoms with Crippen LogP contribution in [0, 0.1) is 0 Å². The van der Waals surface area contributed by atoms with Crippen molar-refractivity contribution >= 4 is 6.08 Å². The minimum absolute atomic E-state index is 0.500. The Morgan fingerprint density at radius 3 is 2.08 bits per heavy atom. The summed E-state index contributed by atoms with van der Waals surface area (Å²) in [6.45, 7) is 4.25. The van der Waals surface area contributed by atoms with Crippen molar-refractivity contribution < 1.29 is 4.79 Å². The van der Waals surface area contributed by atoms with Crippen LogP contribution in [-0.2, 0) is 4.79 Å². The molecule has 1 rings (SSSR count). The molecule has 4 nitrogen and oxygen atoms in total. The first-order valence-electron chi connectivity index (χ1n) is 3.48. The van der Waals surface area contributed by atoms with Gasteiger partial charge in [0.2, 0.25) is 0 Å². The molecule has 0 amide bonds. The van der Waals surface area contributed by atoms with Crippen molar-refractivity contribution in [3.63, 3.8) is 0 Å². The molecule has 0 N–H and O–H groups in total. The first-order valence-corrected chi connectivity index (χ1v) is 3.48. The molecule has 12 heavy (non-hydrogen) atoms. The van der Waals surface area contributed by atoms with Crippen LogP contribution in [0.5, 0.6) is 0 Å². The van der Waals surface area contributed by atoms with E-state index in [1.54, 1.807) is 6.33 Å². The molecular formula is C8H10N3O-. The van der Waals surface area contributed by atoms with Crippen LogP contribution in [0.1, 0.15) is 25.3 Å². The van der Waals surface area contributed by atoms with Gasteiger partial charge in [-0.05, 0) is 17.6 Å². The molecule has 0 saturated carbocycles. The summed E-state index contributed by atoms with van der Waals surface area (Å²) in [6.07, 6.45) is 5.74. The average molecular weight is 164 g/mol. The van der Waals surface area contributed by atoms with Gasteiger partial charge in [-0.15, -0.1) is 0 Å². The molecule has 4 heteroatoms. The standard InChI is InChI=1S/C7H10N2.CNO/c1-6(2)7-3-8-5-9-4-7;2-1-3/h3-6H,1-2H3;/q;-1. The lowest BCUT2D eigenvalue weighted by Gasteiger charge is -1.99. The lowest BCUT2D eigenvalue weighted by molar-refractivity contribution is 0.569. The van der Waals surface area contributed by atoms with Crippen LogP contribution in [0.25, 0.3) is 5.41 Å². The highest BCUT2D eigenvalue weighted by Gasteiger charge is 1.95. The van der Waals surface area contributed by atoms with E-state index in [1.165, 1.54) is 5.56 Å². The van der Waals surface area contributed by atoms with Gasteiger partial charge in [-0.25, -0.2) is 9.97 Å². The van der Waals surface area contributed by atoms with Gasteiger partial charge in [-0.2, -0.15) is 0 Å². The lowest BCUT2D eigenvalue weighted by atomic mass is 10.1. The van der Waals surface area contributed by atoms with E-state index in [0.29, 0.717) is 12.0 Å². The SMILES string of the molecule is CC(C)c1cncnc1.[N-]=C=O. The minimum Gasteiger partial charge on any atom is -0.724 e. The summed E-state index contributed by atoms with van der Waals surface area (Å²) < 4.78 is 0. The Bertz CT molecular complexity index is 240. The second-order valence-corrected chi connectivity index (χ2v) is 2.42. The fourth-order valence-electron chi connectivity index (χ4n) is 0.609. The third-order valence-corrected chi connectivity index (χ3v) is 1.25. The fraction of sp³-hybridized carbons (Fsp3) is 0.375.